The lowest BCUT2D eigenvalue weighted by molar-refractivity contribution is 0.685. The maximum atomic E-state index is 11.1. The number of nitrogens with zero attached hydrogens (tertiary/aromatic N) is 1. The van der Waals surface area contributed by atoms with Crippen molar-refractivity contribution < 1.29 is 4.21 Å². The molecule has 2 N–H and O–H groups in total. The van der Waals surface area contributed by atoms with Crippen LogP contribution >= 0.6 is 0 Å². The van der Waals surface area contributed by atoms with Crippen molar-refractivity contribution in [3.05, 3.63) is 24.3 Å². The van der Waals surface area contributed by atoms with E-state index < -0.39 is 11.0 Å². The second kappa shape index (κ2) is 3.58. The van der Waals surface area contributed by atoms with E-state index in [9.17, 15) is 4.21 Å². The van der Waals surface area contributed by atoms with Crippen LogP contribution < -0.4 is 10.0 Å². The topological polar surface area (TPSA) is 46.3 Å². The van der Waals surface area contributed by atoms with Gasteiger partial charge in [-0.3, -0.25) is 4.31 Å². The Morgan fingerprint density at radius 3 is 2.50 bits per heavy atom. The molecule has 0 bridgehead atoms. The maximum Gasteiger partial charge on any atom is 0.116 e. The predicted molar refractivity (Wildman–Crippen MR) is 53.3 cm³/mol. The van der Waals surface area contributed by atoms with Gasteiger partial charge >= 0.3 is 0 Å². The van der Waals surface area contributed by atoms with Crippen LogP contribution in [0.2, 0.25) is 0 Å². The summed E-state index contributed by atoms with van der Waals surface area (Å²) in [6, 6.07) is 7.36. The SMILES string of the molecule is CN(c1ccccc1N)S(C)=O. The summed E-state index contributed by atoms with van der Waals surface area (Å²) in [4.78, 5) is 0. The molecule has 12 heavy (non-hydrogen) atoms. The summed E-state index contributed by atoms with van der Waals surface area (Å²) in [5.41, 5.74) is 7.14. The number of nitrogen functional groups attached to an aromatic ring is 1. The first kappa shape index (κ1) is 9.06. The van der Waals surface area contributed by atoms with Gasteiger partial charge in [-0.2, -0.15) is 0 Å². The minimum atomic E-state index is -1.02. The van der Waals surface area contributed by atoms with E-state index >= 15 is 0 Å². The number of para-hydroxylation sites is 2. The maximum absolute atomic E-state index is 11.1. The monoisotopic (exact) mass is 184 g/mol. The van der Waals surface area contributed by atoms with Crippen molar-refractivity contribution in [1.29, 1.82) is 0 Å². The standard InChI is InChI=1S/C8H12N2OS/c1-10(12(2)11)8-6-4-3-5-7(8)9/h3-6H,9H2,1-2H3. The fourth-order valence-electron chi connectivity index (χ4n) is 0.913. The van der Waals surface area contributed by atoms with Crippen LogP contribution in [0.15, 0.2) is 24.3 Å². The van der Waals surface area contributed by atoms with Crippen molar-refractivity contribution in [3.63, 3.8) is 0 Å². The van der Waals surface area contributed by atoms with Crippen LogP contribution in [0, 0.1) is 0 Å². The number of anilines is 2. The Labute approximate surface area is 74.8 Å². The molecule has 0 heterocycles. The van der Waals surface area contributed by atoms with E-state index in [0.29, 0.717) is 5.69 Å². The Bertz CT molecular complexity index is 301. The molecular weight excluding hydrogens is 172 g/mol. The zero-order chi connectivity index (χ0) is 9.14. The van der Waals surface area contributed by atoms with Crippen LogP contribution in [0.4, 0.5) is 11.4 Å². The number of hydrogen-bond donors (Lipinski definition) is 1. The Kier molecular flexibility index (Phi) is 2.70. The van der Waals surface area contributed by atoms with Crippen molar-refractivity contribution in [3.8, 4) is 0 Å². The van der Waals surface area contributed by atoms with Crippen LogP contribution in [0.3, 0.4) is 0 Å². The van der Waals surface area contributed by atoms with Crippen LogP contribution in [0.25, 0.3) is 0 Å². The molecule has 0 radical (unpaired) electrons. The Balaban J connectivity index is 3.02. The summed E-state index contributed by atoms with van der Waals surface area (Å²) in [5, 5.41) is 0. The lowest BCUT2D eigenvalue weighted by Crippen LogP contribution is -2.19. The second-order valence-corrected chi connectivity index (χ2v) is 3.88. The fraction of sp³-hybridized carbons (Fsp3) is 0.250. The fourth-order valence-corrected chi connectivity index (χ4v) is 1.36. The molecule has 1 aromatic carbocycles. The molecule has 66 valence electrons. The zero-order valence-corrected chi connectivity index (χ0v) is 7.97. The summed E-state index contributed by atoms with van der Waals surface area (Å²) in [6.45, 7) is 0. The lowest BCUT2D eigenvalue weighted by atomic mass is 10.3. The molecule has 1 aromatic rings. The van der Waals surface area contributed by atoms with Gasteiger partial charge in [0.05, 0.1) is 11.4 Å². The number of nitrogens with two attached hydrogens (primary N) is 1. The molecular formula is C8H12N2OS. The Morgan fingerprint density at radius 1 is 1.42 bits per heavy atom. The Morgan fingerprint density at radius 2 is 2.00 bits per heavy atom. The first-order valence-corrected chi connectivity index (χ1v) is 5.06. The average molecular weight is 184 g/mol. The van der Waals surface area contributed by atoms with Crippen LogP contribution in [-0.2, 0) is 11.0 Å². The first-order chi connectivity index (χ1) is 5.63. The van der Waals surface area contributed by atoms with E-state index in [1.54, 1.807) is 23.7 Å². The second-order valence-electron chi connectivity index (χ2n) is 2.48. The molecule has 0 spiro atoms. The summed E-state index contributed by atoms with van der Waals surface area (Å²) in [7, 11) is 0.734. The van der Waals surface area contributed by atoms with Crippen molar-refractivity contribution in [2.24, 2.45) is 0 Å². The highest BCUT2D eigenvalue weighted by Crippen LogP contribution is 2.21. The van der Waals surface area contributed by atoms with Gasteiger partial charge in [0, 0.05) is 13.3 Å². The molecule has 0 aliphatic carbocycles. The molecule has 0 amide bonds. The van der Waals surface area contributed by atoms with Gasteiger partial charge in [-0.25, -0.2) is 4.21 Å². The zero-order valence-electron chi connectivity index (χ0n) is 7.15. The third-order valence-electron chi connectivity index (χ3n) is 1.66. The molecule has 1 rings (SSSR count). The number of benzene rings is 1. The molecule has 0 aromatic heterocycles. The lowest BCUT2D eigenvalue weighted by Gasteiger charge is -2.16. The van der Waals surface area contributed by atoms with Gasteiger partial charge in [0.1, 0.15) is 11.0 Å². The quantitative estimate of drug-likeness (QED) is 0.697. The van der Waals surface area contributed by atoms with Crippen LogP contribution in [0.5, 0.6) is 0 Å². The molecule has 0 saturated carbocycles. The summed E-state index contributed by atoms with van der Waals surface area (Å²) < 4.78 is 12.7. The van der Waals surface area contributed by atoms with Crippen molar-refractivity contribution in [1.82, 2.24) is 0 Å². The minimum absolute atomic E-state index is 0.648. The van der Waals surface area contributed by atoms with E-state index in [-0.39, 0.29) is 0 Å². The van der Waals surface area contributed by atoms with E-state index in [2.05, 4.69) is 0 Å². The van der Waals surface area contributed by atoms with Gasteiger partial charge in [0.25, 0.3) is 0 Å². The third kappa shape index (κ3) is 1.76. The smallest absolute Gasteiger partial charge is 0.116 e. The van der Waals surface area contributed by atoms with E-state index in [1.165, 1.54) is 0 Å². The van der Waals surface area contributed by atoms with Gasteiger partial charge in [-0.1, -0.05) is 12.1 Å². The normalized spacial score (nSPS) is 12.5. The summed E-state index contributed by atoms with van der Waals surface area (Å²) in [5.74, 6) is 0. The molecule has 3 nitrogen and oxygen atoms in total. The number of hydrogen-bond acceptors (Lipinski definition) is 2. The average Bonchev–Trinajstić information content (AvgIpc) is 2.04. The van der Waals surface area contributed by atoms with Crippen LogP contribution in [0.1, 0.15) is 0 Å². The highest BCUT2D eigenvalue weighted by atomic mass is 32.2. The molecule has 0 fully saturated rings. The van der Waals surface area contributed by atoms with Gasteiger partial charge in [0.2, 0.25) is 0 Å². The summed E-state index contributed by atoms with van der Waals surface area (Å²) >= 11 is 0. The van der Waals surface area contributed by atoms with E-state index in [0.717, 1.165) is 5.69 Å². The first-order valence-electron chi connectivity index (χ1n) is 3.54. The summed E-state index contributed by atoms with van der Waals surface area (Å²) in [6.07, 6.45) is 1.62. The van der Waals surface area contributed by atoms with E-state index in [4.69, 9.17) is 5.73 Å². The molecule has 4 heteroatoms. The highest BCUT2D eigenvalue weighted by molar-refractivity contribution is 7.85. The third-order valence-corrected chi connectivity index (χ3v) is 2.63. The Hall–Kier alpha value is -1.03. The predicted octanol–water partition coefficient (Wildman–Crippen LogP) is 0.999. The van der Waals surface area contributed by atoms with Gasteiger partial charge in [-0.15, -0.1) is 0 Å². The van der Waals surface area contributed by atoms with E-state index in [1.807, 2.05) is 18.2 Å². The molecule has 0 aliphatic rings. The van der Waals surface area contributed by atoms with Gasteiger partial charge in [-0.05, 0) is 12.1 Å². The minimum Gasteiger partial charge on any atom is -0.397 e. The van der Waals surface area contributed by atoms with Crippen molar-refractivity contribution in [2.45, 2.75) is 0 Å². The van der Waals surface area contributed by atoms with Crippen molar-refractivity contribution >= 4 is 22.4 Å². The van der Waals surface area contributed by atoms with Gasteiger partial charge < -0.3 is 5.73 Å². The largest absolute Gasteiger partial charge is 0.397 e. The van der Waals surface area contributed by atoms with Crippen LogP contribution in [-0.4, -0.2) is 17.5 Å². The molecule has 1 unspecified atom stereocenters. The van der Waals surface area contributed by atoms with Crippen molar-refractivity contribution in [2.75, 3.05) is 23.3 Å². The van der Waals surface area contributed by atoms with Gasteiger partial charge in [0.15, 0.2) is 0 Å². The number of rotatable bonds is 2. The molecule has 0 saturated heterocycles. The highest BCUT2D eigenvalue weighted by Gasteiger charge is 2.05. The molecule has 1 atom stereocenters. The molecule has 0 aliphatic heterocycles.